The summed E-state index contributed by atoms with van der Waals surface area (Å²) in [6.45, 7) is 3.31. The van der Waals surface area contributed by atoms with Crippen molar-refractivity contribution in [2.75, 3.05) is 7.05 Å². The lowest BCUT2D eigenvalue weighted by Crippen LogP contribution is -2.55. The Morgan fingerprint density at radius 3 is 2.76 bits per heavy atom. The van der Waals surface area contributed by atoms with Crippen LogP contribution >= 0.6 is 0 Å². The Morgan fingerprint density at radius 1 is 1.52 bits per heavy atom. The Hall–Kier alpha value is -2.30. The number of aliphatic hydroxyl groups excluding tert-OH is 1. The maximum Gasteiger partial charge on any atom is 0.341 e. The Morgan fingerprint density at radius 2 is 2.19 bits per heavy atom. The second-order valence-corrected chi connectivity index (χ2v) is 5.36. The Bertz CT molecular complexity index is 609. The quantitative estimate of drug-likeness (QED) is 0.532. The van der Waals surface area contributed by atoms with Crippen LogP contribution in [0.4, 0.5) is 4.79 Å². The molecule has 3 N–H and O–H groups in total. The van der Waals surface area contributed by atoms with E-state index >= 15 is 0 Å². The fraction of sp³-hybridized carbons (Fsp3) is 0.429. The monoisotopic (exact) mass is 291 g/mol. The van der Waals surface area contributed by atoms with Crippen LogP contribution in [0.2, 0.25) is 0 Å². The molecule has 0 radical (unpaired) electrons. The van der Waals surface area contributed by atoms with Crippen molar-refractivity contribution < 1.29 is 19.8 Å². The predicted octanol–water partition coefficient (Wildman–Crippen LogP) is 1.16. The molecule has 2 amide bonds. The van der Waals surface area contributed by atoms with E-state index in [1.54, 1.807) is 26.0 Å². The first kappa shape index (κ1) is 15.1. The number of ether oxygens (including phenoxy) is 1. The highest BCUT2D eigenvalue weighted by atomic mass is 16.5. The average Bonchev–Trinajstić information content (AvgIpc) is 2.46. The van der Waals surface area contributed by atoms with Crippen LogP contribution in [-0.2, 0) is 0 Å². The van der Waals surface area contributed by atoms with Gasteiger partial charge in [-0.05, 0) is 32.0 Å². The van der Waals surface area contributed by atoms with E-state index in [-0.39, 0.29) is 0 Å². The van der Waals surface area contributed by atoms with Crippen molar-refractivity contribution in [2.24, 2.45) is 0 Å². The number of nitriles is 1. The zero-order valence-electron chi connectivity index (χ0n) is 12.0. The molecular formula is C14H17N3O4. The minimum absolute atomic E-state index is 0.347. The molecule has 1 heterocycles. The summed E-state index contributed by atoms with van der Waals surface area (Å²) >= 11 is 0. The van der Waals surface area contributed by atoms with Crippen LogP contribution in [-0.4, -0.2) is 40.2 Å². The van der Waals surface area contributed by atoms with Gasteiger partial charge in [-0.25, -0.2) is 4.79 Å². The van der Waals surface area contributed by atoms with Crippen molar-refractivity contribution in [3.63, 3.8) is 0 Å². The third-order valence-corrected chi connectivity index (χ3v) is 3.53. The molecule has 0 saturated heterocycles. The van der Waals surface area contributed by atoms with Crippen molar-refractivity contribution >= 4 is 6.03 Å². The number of hydroxylamine groups is 2. The van der Waals surface area contributed by atoms with Crippen molar-refractivity contribution in [3.8, 4) is 11.8 Å². The Labute approximate surface area is 122 Å². The topological polar surface area (TPSA) is 106 Å². The maximum atomic E-state index is 11.7. The molecule has 7 nitrogen and oxygen atoms in total. The van der Waals surface area contributed by atoms with Crippen LogP contribution in [0.5, 0.6) is 5.75 Å². The van der Waals surface area contributed by atoms with Crippen LogP contribution < -0.4 is 10.1 Å². The van der Waals surface area contributed by atoms with Gasteiger partial charge in [0, 0.05) is 12.6 Å². The molecule has 0 saturated carbocycles. The van der Waals surface area contributed by atoms with E-state index in [0.717, 1.165) is 0 Å². The normalized spacial score (nSPS) is 22.5. The number of nitrogens with one attached hydrogen (secondary N) is 1. The highest BCUT2D eigenvalue weighted by Crippen LogP contribution is 2.42. The molecule has 1 aromatic carbocycles. The lowest BCUT2D eigenvalue weighted by Gasteiger charge is -2.44. The summed E-state index contributed by atoms with van der Waals surface area (Å²) in [6, 6.07) is 4.84. The molecular weight excluding hydrogens is 274 g/mol. The van der Waals surface area contributed by atoms with Crippen molar-refractivity contribution in [1.82, 2.24) is 10.4 Å². The number of carbonyl (C=O) groups is 1. The lowest BCUT2D eigenvalue weighted by atomic mass is 9.86. The summed E-state index contributed by atoms with van der Waals surface area (Å²) in [4.78, 5) is 11.7. The molecule has 0 bridgehead atoms. The van der Waals surface area contributed by atoms with E-state index in [4.69, 9.17) is 10.00 Å². The van der Waals surface area contributed by atoms with E-state index in [9.17, 15) is 15.1 Å². The van der Waals surface area contributed by atoms with Gasteiger partial charge in [-0.3, -0.25) is 5.21 Å². The van der Waals surface area contributed by atoms with Gasteiger partial charge in [0.2, 0.25) is 0 Å². The zero-order chi connectivity index (χ0) is 15.8. The summed E-state index contributed by atoms with van der Waals surface area (Å²) in [6.07, 6.45) is -1.17. The highest BCUT2D eigenvalue weighted by Gasteiger charge is 2.46. The second kappa shape index (κ2) is 5.24. The highest BCUT2D eigenvalue weighted by molar-refractivity contribution is 5.73. The number of carbonyl (C=O) groups excluding carboxylic acids is 1. The molecule has 2 rings (SSSR count). The van der Waals surface area contributed by atoms with Crippen molar-refractivity contribution in [1.29, 1.82) is 5.26 Å². The van der Waals surface area contributed by atoms with Crippen molar-refractivity contribution in [3.05, 3.63) is 29.3 Å². The number of hydrogen-bond acceptors (Lipinski definition) is 5. The van der Waals surface area contributed by atoms with Gasteiger partial charge in [0.25, 0.3) is 0 Å². The van der Waals surface area contributed by atoms with E-state index < -0.39 is 23.8 Å². The van der Waals surface area contributed by atoms with Crippen LogP contribution in [0.25, 0.3) is 0 Å². The minimum Gasteiger partial charge on any atom is -0.485 e. The number of urea groups is 1. The fourth-order valence-electron chi connectivity index (χ4n) is 2.34. The Balaban J connectivity index is 2.57. The molecule has 2 atom stereocenters. The van der Waals surface area contributed by atoms with Crippen molar-refractivity contribution in [2.45, 2.75) is 31.6 Å². The van der Waals surface area contributed by atoms with Gasteiger partial charge >= 0.3 is 6.03 Å². The third kappa shape index (κ3) is 2.51. The molecule has 0 spiro atoms. The van der Waals surface area contributed by atoms with E-state index in [1.807, 2.05) is 6.07 Å². The number of hydrogen-bond donors (Lipinski definition) is 3. The molecule has 1 aromatic rings. The fourth-order valence-corrected chi connectivity index (χ4v) is 2.34. The minimum atomic E-state index is -1.17. The third-order valence-electron chi connectivity index (χ3n) is 3.53. The SMILES string of the molecule is CNC(=O)N(O)[C@H]1c2cc(C#N)ccc2OC(C)(C)[C@@H]1O. The Kier molecular flexibility index (Phi) is 3.77. The molecule has 0 unspecified atom stereocenters. The van der Waals surface area contributed by atoms with Crippen LogP contribution in [0.1, 0.15) is 31.0 Å². The summed E-state index contributed by atoms with van der Waals surface area (Å²) < 4.78 is 5.70. The largest absolute Gasteiger partial charge is 0.485 e. The number of benzene rings is 1. The van der Waals surface area contributed by atoms with E-state index in [2.05, 4.69) is 5.32 Å². The predicted molar refractivity (Wildman–Crippen MR) is 72.7 cm³/mol. The first-order valence-electron chi connectivity index (χ1n) is 6.42. The molecule has 112 valence electrons. The first-order chi connectivity index (χ1) is 9.81. The number of rotatable bonds is 1. The summed E-state index contributed by atoms with van der Waals surface area (Å²) in [5.74, 6) is 0.414. The molecule has 21 heavy (non-hydrogen) atoms. The van der Waals surface area contributed by atoms with E-state index in [1.165, 1.54) is 13.1 Å². The number of nitrogens with zero attached hydrogens (tertiary/aromatic N) is 2. The smallest absolute Gasteiger partial charge is 0.341 e. The summed E-state index contributed by atoms with van der Waals surface area (Å²) in [7, 11) is 1.37. The second-order valence-electron chi connectivity index (χ2n) is 5.36. The number of aliphatic hydroxyl groups is 1. The van der Waals surface area contributed by atoms with Gasteiger partial charge in [-0.2, -0.15) is 10.3 Å². The van der Waals surface area contributed by atoms with Gasteiger partial charge in [0.1, 0.15) is 23.5 Å². The molecule has 0 fully saturated rings. The maximum absolute atomic E-state index is 11.7. The standard InChI is InChI=1S/C14H17N3O4/c1-14(2)12(18)11(17(20)13(19)16-3)9-6-8(7-15)4-5-10(9)21-14/h4-6,11-12,18,20H,1-3H3,(H,16,19)/t11-,12+/m0/s1. The van der Waals surface area contributed by atoms with Gasteiger partial charge in [-0.15, -0.1) is 0 Å². The van der Waals surface area contributed by atoms with Gasteiger partial charge in [0.15, 0.2) is 0 Å². The van der Waals surface area contributed by atoms with Gasteiger partial charge < -0.3 is 15.2 Å². The first-order valence-corrected chi connectivity index (χ1v) is 6.42. The molecule has 0 aliphatic carbocycles. The average molecular weight is 291 g/mol. The van der Waals surface area contributed by atoms with E-state index in [0.29, 0.717) is 21.9 Å². The van der Waals surface area contributed by atoms with Crippen LogP contribution in [0, 0.1) is 11.3 Å². The molecule has 1 aliphatic rings. The van der Waals surface area contributed by atoms with Gasteiger partial charge in [-0.1, -0.05) is 0 Å². The van der Waals surface area contributed by atoms with Gasteiger partial charge in [0.05, 0.1) is 11.6 Å². The summed E-state index contributed by atoms with van der Waals surface area (Å²) in [5, 5.41) is 32.2. The number of fused-ring (bicyclic) bond motifs is 1. The molecule has 1 aliphatic heterocycles. The summed E-state index contributed by atoms with van der Waals surface area (Å²) in [5.41, 5.74) is -0.271. The zero-order valence-corrected chi connectivity index (χ0v) is 12.0. The van der Waals surface area contributed by atoms with Crippen LogP contribution in [0.15, 0.2) is 18.2 Å². The lowest BCUT2D eigenvalue weighted by molar-refractivity contribution is -0.162. The molecule has 7 heteroatoms. The number of amides is 2. The molecule has 0 aromatic heterocycles. The van der Waals surface area contributed by atoms with Crippen LogP contribution in [0.3, 0.4) is 0 Å².